The molecule has 0 amide bonds. The maximum atomic E-state index is 11.4. The largest absolute Gasteiger partial charge is 0.462 e. The minimum absolute atomic E-state index is 0.219. The van der Waals surface area contributed by atoms with Gasteiger partial charge in [-0.15, -0.1) is 0 Å². The molecule has 0 aliphatic carbocycles. The summed E-state index contributed by atoms with van der Waals surface area (Å²) >= 11 is 0. The van der Waals surface area contributed by atoms with Crippen LogP contribution >= 0.6 is 0 Å². The van der Waals surface area contributed by atoms with E-state index in [1.54, 1.807) is 0 Å². The molecule has 144 valence electrons. The molecule has 0 aromatic carbocycles. The van der Waals surface area contributed by atoms with Gasteiger partial charge >= 0.3 is 11.9 Å². The molecule has 0 saturated heterocycles. The van der Waals surface area contributed by atoms with E-state index in [0.717, 1.165) is 25.7 Å². The van der Waals surface area contributed by atoms with Crippen molar-refractivity contribution < 1.29 is 23.8 Å². The van der Waals surface area contributed by atoms with Crippen molar-refractivity contribution in [2.75, 3.05) is 26.4 Å². The molecule has 5 nitrogen and oxygen atoms in total. The van der Waals surface area contributed by atoms with Gasteiger partial charge in [0.2, 0.25) is 0 Å². The number of hydrogen-bond acceptors (Lipinski definition) is 5. The van der Waals surface area contributed by atoms with Gasteiger partial charge in [-0.3, -0.25) is 0 Å². The fraction of sp³-hybridized carbons (Fsp3) is 0.700. The lowest BCUT2D eigenvalue weighted by molar-refractivity contribution is -0.146. The van der Waals surface area contributed by atoms with Crippen LogP contribution in [0.5, 0.6) is 0 Å². The highest BCUT2D eigenvalue weighted by Crippen LogP contribution is 2.31. The van der Waals surface area contributed by atoms with Gasteiger partial charge in [-0.2, -0.15) is 0 Å². The van der Waals surface area contributed by atoms with Crippen molar-refractivity contribution in [1.82, 2.24) is 0 Å². The van der Waals surface area contributed by atoms with E-state index in [4.69, 9.17) is 14.2 Å². The molecule has 25 heavy (non-hydrogen) atoms. The highest BCUT2D eigenvalue weighted by molar-refractivity contribution is 5.81. The number of rotatable bonds is 14. The van der Waals surface area contributed by atoms with Crippen molar-refractivity contribution in [3.63, 3.8) is 0 Å². The lowest BCUT2D eigenvalue weighted by Gasteiger charge is -2.35. The average Bonchev–Trinajstić information content (AvgIpc) is 2.66. The minimum Gasteiger partial charge on any atom is -0.462 e. The third kappa shape index (κ3) is 7.86. The van der Waals surface area contributed by atoms with Gasteiger partial charge in [-0.05, 0) is 25.7 Å². The van der Waals surface area contributed by atoms with Crippen LogP contribution in [-0.2, 0) is 23.8 Å². The van der Waals surface area contributed by atoms with Gasteiger partial charge in [0.05, 0.1) is 26.4 Å². The molecule has 0 radical (unpaired) electrons. The Morgan fingerprint density at radius 1 is 0.720 bits per heavy atom. The van der Waals surface area contributed by atoms with Gasteiger partial charge < -0.3 is 14.2 Å². The second kappa shape index (κ2) is 11.9. The molecule has 0 bridgehead atoms. The highest BCUT2D eigenvalue weighted by atomic mass is 16.5. The van der Waals surface area contributed by atoms with Crippen molar-refractivity contribution in [2.45, 2.75) is 53.4 Å². The van der Waals surface area contributed by atoms with Crippen molar-refractivity contribution in [3.8, 4) is 0 Å². The molecule has 0 unspecified atom stereocenters. The van der Waals surface area contributed by atoms with Crippen LogP contribution in [0, 0.1) is 10.8 Å². The van der Waals surface area contributed by atoms with Gasteiger partial charge in [0.25, 0.3) is 0 Å². The van der Waals surface area contributed by atoms with E-state index in [0.29, 0.717) is 26.4 Å². The Hall–Kier alpha value is -1.62. The summed E-state index contributed by atoms with van der Waals surface area (Å²) in [5, 5.41) is 0. The van der Waals surface area contributed by atoms with E-state index in [1.165, 1.54) is 12.2 Å². The maximum absolute atomic E-state index is 11.4. The van der Waals surface area contributed by atoms with Crippen molar-refractivity contribution in [1.29, 1.82) is 0 Å². The Labute approximate surface area is 152 Å². The molecule has 0 aliphatic rings. The molecule has 0 N–H and O–H groups in total. The van der Waals surface area contributed by atoms with Crippen LogP contribution in [0.15, 0.2) is 25.3 Å². The number of hydrogen-bond donors (Lipinski definition) is 0. The quantitative estimate of drug-likeness (QED) is 0.347. The fourth-order valence-electron chi connectivity index (χ4n) is 2.45. The molecule has 0 fully saturated rings. The summed E-state index contributed by atoms with van der Waals surface area (Å²) in [6.45, 7) is 16.7. The first-order chi connectivity index (χ1) is 11.9. The summed E-state index contributed by atoms with van der Waals surface area (Å²) in [5.74, 6) is -0.835. The Morgan fingerprint density at radius 2 is 1.04 bits per heavy atom. The zero-order valence-corrected chi connectivity index (χ0v) is 16.3. The first-order valence-electron chi connectivity index (χ1n) is 9.02. The van der Waals surface area contributed by atoms with Crippen molar-refractivity contribution in [2.24, 2.45) is 10.8 Å². The van der Waals surface area contributed by atoms with Gasteiger partial charge in [-0.25, -0.2) is 9.59 Å². The second-order valence-electron chi connectivity index (χ2n) is 6.53. The topological polar surface area (TPSA) is 61.8 Å². The number of carbonyl (C=O) groups excluding carboxylic acids is 2. The molecule has 0 aromatic heterocycles. The predicted octanol–water partition coefficient (Wildman–Crippen LogP) is 4.07. The predicted molar refractivity (Wildman–Crippen MR) is 99.2 cm³/mol. The van der Waals surface area contributed by atoms with Gasteiger partial charge in [0.15, 0.2) is 0 Å². The summed E-state index contributed by atoms with van der Waals surface area (Å²) in [6, 6.07) is 0. The standard InChI is InChI=1S/C20H34O5/c1-7-17(21)24-15-19(9-3,10-4)13-23-14-20(11-5,12-6)16-25-18(22)8-2/h7-8H,1-2,9-16H2,3-6H3. The maximum Gasteiger partial charge on any atom is 0.330 e. The van der Waals surface area contributed by atoms with Crippen LogP contribution in [0.2, 0.25) is 0 Å². The molecule has 0 aromatic rings. The Kier molecular flexibility index (Phi) is 11.1. The van der Waals surface area contributed by atoms with E-state index >= 15 is 0 Å². The summed E-state index contributed by atoms with van der Waals surface area (Å²) in [6.07, 6.45) is 5.69. The van der Waals surface area contributed by atoms with E-state index < -0.39 is 11.9 Å². The van der Waals surface area contributed by atoms with Crippen LogP contribution < -0.4 is 0 Å². The SMILES string of the molecule is C=CC(=O)OCC(CC)(CC)COCC(CC)(CC)COC(=O)C=C. The zero-order valence-electron chi connectivity index (χ0n) is 16.3. The average molecular weight is 354 g/mol. The van der Waals surface area contributed by atoms with E-state index in [2.05, 4.69) is 40.9 Å². The van der Waals surface area contributed by atoms with Crippen LogP contribution in [0.25, 0.3) is 0 Å². The van der Waals surface area contributed by atoms with Crippen LogP contribution in [0.4, 0.5) is 0 Å². The molecular formula is C20H34O5. The highest BCUT2D eigenvalue weighted by Gasteiger charge is 2.32. The lowest BCUT2D eigenvalue weighted by Crippen LogP contribution is -2.37. The Bertz CT molecular complexity index is 393. The first kappa shape index (κ1) is 23.4. The second-order valence-corrected chi connectivity index (χ2v) is 6.53. The van der Waals surface area contributed by atoms with Crippen molar-refractivity contribution >= 4 is 11.9 Å². The smallest absolute Gasteiger partial charge is 0.330 e. The first-order valence-corrected chi connectivity index (χ1v) is 9.02. The van der Waals surface area contributed by atoms with Crippen molar-refractivity contribution in [3.05, 3.63) is 25.3 Å². The number of carbonyl (C=O) groups is 2. The van der Waals surface area contributed by atoms with E-state index in [-0.39, 0.29) is 10.8 Å². The normalized spacial score (nSPS) is 11.7. The van der Waals surface area contributed by atoms with E-state index in [1.807, 2.05) is 0 Å². The number of ether oxygens (including phenoxy) is 3. The van der Waals surface area contributed by atoms with Crippen LogP contribution in [-0.4, -0.2) is 38.4 Å². The summed E-state index contributed by atoms with van der Waals surface area (Å²) in [7, 11) is 0. The molecular weight excluding hydrogens is 320 g/mol. The molecule has 5 heteroatoms. The summed E-state index contributed by atoms with van der Waals surface area (Å²) in [4.78, 5) is 22.7. The fourth-order valence-corrected chi connectivity index (χ4v) is 2.45. The molecule has 0 saturated carbocycles. The molecule has 0 spiro atoms. The summed E-state index contributed by atoms with van der Waals surface area (Å²) < 4.78 is 16.5. The number of esters is 2. The van der Waals surface area contributed by atoms with Crippen LogP contribution in [0.3, 0.4) is 0 Å². The molecule has 0 atom stereocenters. The van der Waals surface area contributed by atoms with Gasteiger partial charge in [0, 0.05) is 23.0 Å². The lowest BCUT2D eigenvalue weighted by atomic mass is 9.82. The Balaban J connectivity index is 4.78. The third-order valence-corrected chi connectivity index (χ3v) is 5.19. The Morgan fingerprint density at radius 3 is 1.28 bits per heavy atom. The monoisotopic (exact) mass is 354 g/mol. The summed E-state index contributed by atoms with van der Waals surface area (Å²) in [5.41, 5.74) is -0.437. The van der Waals surface area contributed by atoms with E-state index in [9.17, 15) is 9.59 Å². The molecule has 0 aliphatic heterocycles. The van der Waals surface area contributed by atoms with Gasteiger partial charge in [-0.1, -0.05) is 40.9 Å². The molecule has 0 rings (SSSR count). The zero-order chi connectivity index (χ0) is 19.3. The molecule has 0 heterocycles. The van der Waals surface area contributed by atoms with Crippen LogP contribution in [0.1, 0.15) is 53.4 Å². The minimum atomic E-state index is -0.418. The third-order valence-electron chi connectivity index (χ3n) is 5.19. The van der Waals surface area contributed by atoms with Gasteiger partial charge in [0.1, 0.15) is 0 Å².